The molecule has 0 unspecified atom stereocenters. The van der Waals surface area contributed by atoms with Crippen LogP contribution >= 0.6 is 0 Å². The number of aliphatic hydroxyl groups excluding tert-OH is 1. The summed E-state index contributed by atoms with van der Waals surface area (Å²) in [6.45, 7) is 0.431. The Morgan fingerprint density at radius 2 is 2.25 bits per heavy atom. The van der Waals surface area contributed by atoms with Crippen molar-refractivity contribution in [2.75, 3.05) is 0 Å². The normalized spacial score (nSPS) is 10.5. The summed E-state index contributed by atoms with van der Waals surface area (Å²) in [6.07, 6.45) is 1.02. The standard InChI is InChI=1S/C4H10O3Si/c1-2-3-8-7-4(5)6/h4-6H,2-3H2,1H3. The summed E-state index contributed by atoms with van der Waals surface area (Å²) >= 11 is 0. The fourth-order valence-electron chi connectivity index (χ4n) is 0.236. The smallest absolute Gasteiger partial charge is 0.256 e. The zero-order valence-electron chi connectivity index (χ0n) is 4.79. The van der Waals surface area contributed by atoms with Gasteiger partial charge in [0.15, 0.2) is 0 Å². The van der Waals surface area contributed by atoms with E-state index in [0.717, 1.165) is 12.5 Å². The lowest BCUT2D eigenvalue weighted by Crippen LogP contribution is -2.12. The molecule has 0 atom stereocenters. The zero-order chi connectivity index (χ0) is 6.41. The van der Waals surface area contributed by atoms with Crippen molar-refractivity contribution in [1.82, 2.24) is 0 Å². The van der Waals surface area contributed by atoms with E-state index in [9.17, 15) is 0 Å². The van der Waals surface area contributed by atoms with Crippen LogP contribution in [0.1, 0.15) is 13.3 Å². The zero-order valence-corrected chi connectivity index (χ0v) is 5.79. The molecule has 0 saturated carbocycles. The van der Waals surface area contributed by atoms with E-state index >= 15 is 0 Å². The van der Waals surface area contributed by atoms with Gasteiger partial charge >= 0.3 is 0 Å². The first-order valence-electron chi connectivity index (χ1n) is 2.52. The third-order valence-corrected chi connectivity index (χ3v) is 1.62. The van der Waals surface area contributed by atoms with Crippen molar-refractivity contribution in [3.63, 3.8) is 0 Å². The molecule has 0 rings (SSSR count). The lowest BCUT2D eigenvalue weighted by Gasteiger charge is -2.00. The molecule has 0 aliphatic heterocycles. The van der Waals surface area contributed by atoms with Crippen molar-refractivity contribution in [3.8, 4) is 0 Å². The Morgan fingerprint density at radius 3 is 2.62 bits per heavy atom. The van der Waals surface area contributed by atoms with Gasteiger partial charge in [-0.1, -0.05) is 13.3 Å². The minimum atomic E-state index is -1.58. The van der Waals surface area contributed by atoms with Crippen molar-refractivity contribution < 1.29 is 14.6 Å². The van der Waals surface area contributed by atoms with E-state index in [4.69, 9.17) is 10.2 Å². The largest absolute Gasteiger partial charge is 0.372 e. The maximum absolute atomic E-state index is 8.12. The first-order valence-corrected chi connectivity index (χ1v) is 3.63. The summed E-state index contributed by atoms with van der Waals surface area (Å²) in [5, 5.41) is 16.2. The fourth-order valence-corrected chi connectivity index (χ4v) is 0.707. The molecule has 0 saturated heterocycles. The van der Waals surface area contributed by atoms with E-state index in [0.29, 0.717) is 0 Å². The predicted octanol–water partition coefficient (Wildman–Crippen LogP) is -0.281. The average molecular weight is 134 g/mol. The van der Waals surface area contributed by atoms with Crippen LogP contribution in [0.2, 0.25) is 6.04 Å². The second-order valence-electron chi connectivity index (χ2n) is 1.34. The van der Waals surface area contributed by atoms with Crippen LogP contribution in [0.5, 0.6) is 0 Å². The van der Waals surface area contributed by atoms with Gasteiger partial charge in [0.1, 0.15) is 0 Å². The molecule has 0 aliphatic rings. The molecule has 0 amide bonds. The Balaban J connectivity index is 2.72. The first kappa shape index (κ1) is 8.10. The topological polar surface area (TPSA) is 49.7 Å². The Labute approximate surface area is 51.2 Å². The van der Waals surface area contributed by atoms with Crippen LogP contribution in [0.4, 0.5) is 0 Å². The molecule has 2 N–H and O–H groups in total. The minimum Gasteiger partial charge on any atom is -0.372 e. The molecule has 2 radical (unpaired) electrons. The number of aliphatic hydroxyl groups is 2. The van der Waals surface area contributed by atoms with Crippen LogP contribution < -0.4 is 0 Å². The Morgan fingerprint density at radius 1 is 1.62 bits per heavy atom. The summed E-state index contributed by atoms with van der Waals surface area (Å²) in [5.74, 6) is 0. The van der Waals surface area contributed by atoms with Crippen molar-refractivity contribution in [1.29, 1.82) is 0 Å². The van der Waals surface area contributed by atoms with Crippen LogP contribution in [0.15, 0.2) is 0 Å². The third kappa shape index (κ3) is 6.10. The molecular formula is C4H10O3Si. The van der Waals surface area contributed by atoms with Crippen molar-refractivity contribution in [2.24, 2.45) is 0 Å². The van der Waals surface area contributed by atoms with Gasteiger partial charge in [0.25, 0.3) is 6.48 Å². The molecular weight excluding hydrogens is 124 g/mol. The number of hydrogen-bond acceptors (Lipinski definition) is 3. The van der Waals surface area contributed by atoms with Crippen LogP contribution in [0.25, 0.3) is 0 Å². The highest BCUT2D eigenvalue weighted by Gasteiger charge is 1.94. The van der Waals surface area contributed by atoms with Gasteiger partial charge in [-0.25, -0.2) is 0 Å². The highest BCUT2D eigenvalue weighted by molar-refractivity contribution is 6.26. The Hall–Kier alpha value is 0.0969. The molecule has 0 aromatic carbocycles. The molecule has 0 aromatic rings. The SMILES string of the molecule is CCC[Si]OC(O)O. The third-order valence-electron chi connectivity index (χ3n) is 0.541. The van der Waals surface area contributed by atoms with Gasteiger partial charge in [-0.3, -0.25) is 0 Å². The van der Waals surface area contributed by atoms with Gasteiger partial charge < -0.3 is 14.6 Å². The maximum Gasteiger partial charge on any atom is 0.256 e. The van der Waals surface area contributed by atoms with E-state index in [1.54, 1.807) is 0 Å². The van der Waals surface area contributed by atoms with Crippen LogP contribution in [0, 0.1) is 0 Å². The summed E-state index contributed by atoms with van der Waals surface area (Å²) in [7, 11) is 0.213. The van der Waals surface area contributed by atoms with E-state index in [2.05, 4.69) is 4.43 Å². The quantitative estimate of drug-likeness (QED) is 0.316. The van der Waals surface area contributed by atoms with Gasteiger partial charge in [-0.15, -0.1) is 0 Å². The van der Waals surface area contributed by atoms with Crippen LogP contribution in [-0.4, -0.2) is 26.5 Å². The van der Waals surface area contributed by atoms with E-state index in [-0.39, 0.29) is 9.76 Å². The van der Waals surface area contributed by atoms with Gasteiger partial charge in [-0.2, -0.15) is 0 Å². The van der Waals surface area contributed by atoms with Gasteiger partial charge in [0.2, 0.25) is 9.76 Å². The van der Waals surface area contributed by atoms with Crippen LogP contribution in [-0.2, 0) is 4.43 Å². The Bertz CT molecular complexity index is 48.5. The lowest BCUT2D eigenvalue weighted by atomic mass is 10.6. The van der Waals surface area contributed by atoms with Crippen molar-refractivity contribution in [3.05, 3.63) is 0 Å². The molecule has 0 fully saturated rings. The van der Waals surface area contributed by atoms with E-state index < -0.39 is 6.48 Å². The monoisotopic (exact) mass is 134 g/mol. The summed E-state index contributed by atoms with van der Waals surface area (Å²) < 4.78 is 4.42. The summed E-state index contributed by atoms with van der Waals surface area (Å²) in [5.41, 5.74) is 0. The molecule has 0 aliphatic carbocycles. The Kier molecular flexibility index (Phi) is 5.30. The molecule has 0 aromatic heterocycles. The van der Waals surface area contributed by atoms with Crippen molar-refractivity contribution in [2.45, 2.75) is 25.9 Å². The first-order chi connectivity index (χ1) is 3.77. The molecule has 0 heterocycles. The van der Waals surface area contributed by atoms with E-state index in [1.807, 2.05) is 6.92 Å². The molecule has 8 heavy (non-hydrogen) atoms. The second kappa shape index (κ2) is 5.24. The van der Waals surface area contributed by atoms with E-state index in [1.165, 1.54) is 0 Å². The predicted molar refractivity (Wildman–Crippen MR) is 30.2 cm³/mol. The molecule has 0 bridgehead atoms. The molecule has 4 heteroatoms. The molecule has 48 valence electrons. The number of hydrogen-bond donors (Lipinski definition) is 2. The summed E-state index contributed by atoms with van der Waals surface area (Å²) in [4.78, 5) is 0. The molecule has 0 spiro atoms. The lowest BCUT2D eigenvalue weighted by molar-refractivity contribution is -0.180. The average Bonchev–Trinajstić information content (AvgIpc) is 1.66. The van der Waals surface area contributed by atoms with Crippen LogP contribution in [0.3, 0.4) is 0 Å². The van der Waals surface area contributed by atoms with Crippen molar-refractivity contribution >= 4 is 9.76 Å². The number of rotatable bonds is 4. The van der Waals surface area contributed by atoms with Gasteiger partial charge in [0.05, 0.1) is 0 Å². The van der Waals surface area contributed by atoms with Gasteiger partial charge in [-0.05, 0) is 6.04 Å². The highest BCUT2D eigenvalue weighted by atomic mass is 28.2. The minimum absolute atomic E-state index is 0.213. The highest BCUT2D eigenvalue weighted by Crippen LogP contribution is 1.87. The summed E-state index contributed by atoms with van der Waals surface area (Å²) in [6, 6.07) is 0.900. The van der Waals surface area contributed by atoms with Gasteiger partial charge in [0, 0.05) is 0 Å². The molecule has 3 nitrogen and oxygen atoms in total. The second-order valence-corrected chi connectivity index (χ2v) is 2.36. The fraction of sp³-hybridized carbons (Fsp3) is 1.00. The maximum atomic E-state index is 8.12.